The van der Waals surface area contributed by atoms with Crippen LogP contribution in [0.5, 0.6) is 0 Å². The highest BCUT2D eigenvalue weighted by Crippen LogP contribution is 2.29. The predicted molar refractivity (Wildman–Crippen MR) is 97.6 cm³/mol. The van der Waals surface area contributed by atoms with E-state index >= 15 is 0 Å². The number of thioether (sulfide) groups is 2. The first-order valence-electron chi connectivity index (χ1n) is 6.77. The van der Waals surface area contributed by atoms with Gasteiger partial charge in [-0.3, -0.25) is 0 Å². The average molecular weight is 440 g/mol. The van der Waals surface area contributed by atoms with E-state index in [0.29, 0.717) is 5.03 Å². The van der Waals surface area contributed by atoms with E-state index in [1.165, 1.54) is 17.8 Å². The number of aliphatic hydroxyl groups excluding tert-OH is 1. The zero-order valence-electron chi connectivity index (χ0n) is 13.3. The second-order valence-electron chi connectivity index (χ2n) is 4.65. The van der Waals surface area contributed by atoms with Gasteiger partial charge >= 0.3 is 6.18 Å². The van der Waals surface area contributed by atoms with Crippen molar-refractivity contribution in [3.8, 4) is 0 Å². The van der Waals surface area contributed by atoms with Crippen LogP contribution in [-0.4, -0.2) is 22.6 Å². The maximum atomic E-state index is 12.0. The van der Waals surface area contributed by atoms with E-state index in [4.69, 9.17) is 0 Å². The first kappa shape index (κ1) is 21.3. The maximum absolute atomic E-state index is 12.0. The number of nitrogens with zero attached hydrogens (tertiary/aromatic N) is 1. The number of halogens is 4. The van der Waals surface area contributed by atoms with Gasteiger partial charge in [0.15, 0.2) is 0 Å². The highest BCUT2D eigenvalue weighted by molar-refractivity contribution is 9.10. The van der Waals surface area contributed by atoms with Crippen LogP contribution in [0.4, 0.5) is 13.2 Å². The molecule has 8 heteroatoms. The zero-order chi connectivity index (χ0) is 18.3. The fraction of sp³-hybridized carbons (Fsp3) is 0.312. The molecule has 1 atom stereocenters. The molecule has 0 radical (unpaired) electrons. The molecule has 0 fully saturated rings. The topological polar surface area (TPSA) is 33.1 Å². The fourth-order valence-electron chi connectivity index (χ4n) is 1.70. The maximum Gasteiger partial charge on any atom is 0.417 e. The van der Waals surface area contributed by atoms with Crippen LogP contribution in [-0.2, 0) is 6.18 Å². The number of aliphatic hydroxyl groups is 1. The second kappa shape index (κ2) is 9.70. The molecule has 0 aliphatic rings. The predicted octanol–water partition coefficient (Wildman–Crippen LogP) is 6.05. The van der Waals surface area contributed by atoms with Crippen LogP contribution in [0.3, 0.4) is 0 Å². The summed E-state index contributed by atoms with van der Waals surface area (Å²) in [5.74, 6) is 0. The van der Waals surface area contributed by atoms with Crippen molar-refractivity contribution in [3.63, 3.8) is 0 Å². The lowest BCUT2D eigenvalue weighted by Gasteiger charge is -2.09. The van der Waals surface area contributed by atoms with E-state index in [1.807, 2.05) is 24.5 Å². The Morgan fingerprint density at radius 2 is 1.79 bits per heavy atom. The SMILES string of the molecule is CSc1cc(Br)ccc1C(C)O.CSc1ccc(C(F)(F)F)cn1. The van der Waals surface area contributed by atoms with Crippen LogP contribution in [0.25, 0.3) is 0 Å². The van der Waals surface area contributed by atoms with Crippen LogP contribution < -0.4 is 0 Å². The van der Waals surface area contributed by atoms with Gasteiger partial charge in [0.25, 0.3) is 0 Å². The molecule has 132 valence electrons. The summed E-state index contributed by atoms with van der Waals surface area (Å²) in [5, 5.41) is 9.98. The molecule has 24 heavy (non-hydrogen) atoms. The molecule has 1 heterocycles. The quantitative estimate of drug-likeness (QED) is 0.590. The molecule has 1 unspecified atom stereocenters. The first-order valence-corrected chi connectivity index (χ1v) is 10.0. The van der Waals surface area contributed by atoms with Crippen molar-refractivity contribution in [2.24, 2.45) is 0 Å². The summed E-state index contributed by atoms with van der Waals surface area (Å²) >= 11 is 6.35. The fourth-order valence-corrected chi connectivity index (χ4v) is 3.29. The summed E-state index contributed by atoms with van der Waals surface area (Å²) in [6.07, 6.45) is -0.0699. The van der Waals surface area contributed by atoms with E-state index in [1.54, 1.807) is 24.9 Å². The van der Waals surface area contributed by atoms with Gasteiger partial charge < -0.3 is 5.11 Å². The van der Waals surface area contributed by atoms with Gasteiger partial charge in [-0.1, -0.05) is 22.0 Å². The van der Waals surface area contributed by atoms with Crippen molar-refractivity contribution in [2.75, 3.05) is 12.5 Å². The molecular weight excluding hydrogens is 423 g/mol. The molecule has 2 aromatic rings. The Morgan fingerprint density at radius 1 is 1.12 bits per heavy atom. The minimum Gasteiger partial charge on any atom is -0.389 e. The minimum absolute atomic E-state index is 0.388. The van der Waals surface area contributed by atoms with Crippen molar-refractivity contribution in [1.82, 2.24) is 4.98 Å². The highest BCUT2D eigenvalue weighted by atomic mass is 79.9. The van der Waals surface area contributed by atoms with Crippen molar-refractivity contribution in [3.05, 3.63) is 52.1 Å². The minimum atomic E-state index is -4.29. The van der Waals surface area contributed by atoms with E-state index in [-0.39, 0.29) is 6.10 Å². The number of hydrogen-bond acceptors (Lipinski definition) is 4. The van der Waals surface area contributed by atoms with Gasteiger partial charge in [-0.2, -0.15) is 13.2 Å². The lowest BCUT2D eigenvalue weighted by atomic mass is 10.1. The van der Waals surface area contributed by atoms with Gasteiger partial charge in [0, 0.05) is 15.6 Å². The second-order valence-corrected chi connectivity index (χ2v) is 7.24. The molecule has 0 saturated carbocycles. The lowest BCUT2D eigenvalue weighted by molar-refractivity contribution is -0.137. The summed E-state index contributed by atoms with van der Waals surface area (Å²) in [6, 6.07) is 8.29. The van der Waals surface area contributed by atoms with Gasteiger partial charge in [0.2, 0.25) is 0 Å². The Labute approximate surface area is 156 Å². The van der Waals surface area contributed by atoms with Crippen molar-refractivity contribution in [2.45, 2.75) is 29.1 Å². The van der Waals surface area contributed by atoms with Crippen LogP contribution in [0, 0.1) is 0 Å². The number of aromatic nitrogens is 1. The van der Waals surface area contributed by atoms with Crippen LogP contribution >= 0.6 is 39.5 Å². The Bertz CT molecular complexity index is 649. The summed E-state index contributed by atoms with van der Waals surface area (Å²) in [7, 11) is 0. The molecule has 0 bridgehead atoms. The standard InChI is InChI=1S/C9H11BrOS.C7H6F3NS/c1-6(11)8-4-3-7(10)5-9(8)12-2;1-12-6-3-2-5(4-11-6)7(8,9)10/h3-6,11H,1-2H3;2-4H,1H3. The van der Waals surface area contributed by atoms with Gasteiger partial charge in [-0.15, -0.1) is 23.5 Å². The summed E-state index contributed by atoms with van der Waals surface area (Å²) in [5.41, 5.74) is 0.283. The van der Waals surface area contributed by atoms with Crippen molar-refractivity contribution >= 4 is 39.5 Å². The average Bonchev–Trinajstić information content (AvgIpc) is 2.54. The van der Waals surface area contributed by atoms with E-state index in [9.17, 15) is 18.3 Å². The third-order valence-electron chi connectivity index (χ3n) is 2.92. The number of hydrogen-bond donors (Lipinski definition) is 1. The molecule has 0 saturated heterocycles. The van der Waals surface area contributed by atoms with E-state index in [2.05, 4.69) is 20.9 Å². The normalized spacial score (nSPS) is 12.3. The third kappa shape index (κ3) is 6.66. The van der Waals surface area contributed by atoms with Crippen molar-refractivity contribution < 1.29 is 18.3 Å². The molecule has 1 aromatic heterocycles. The van der Waals surface area contributed by atoms with Crippen LogP contribution in [0.15, 0.2) is 50.9 Å². The number of alkyl halides is 3. The molecule has 0 aliphatic carbocycles. The lowest BCUT2D eigenvalue weighted by Crippen LogP contribution is -2.04. The van der Waals surface area contributed by atoms with E-state index < -0.39 is 11.7 Å². The number of benzene rings is 1. The molecule has 0 aliphatic heterocycles. The molecule has 0 spiro atoms. The van der Waals surface area contributed by atoms with Crippen LogP contribution in [0.2, 0.25) is 0 Å². The van der Waals surface area contributed by atoms with Gasteiger partial charge in [0.05, 0.1) is 16.7 Å². The van der Waals surface area contributed by atoms with Gasteiger partial charge in [-0.25, -0.2) is 4.98 Å². The summed E-state index contributed by atoms with van der Waals surface area (Å²) in [4.78, 5) is 4.73. The highest BCUT2D eigenvalue weighted by Gasteiger charge is 2.30. The summed E-state index contributed by atoms with van der Waals surface area (Å²) in [6.45, 7) is 1.78. The Morgan fingerprint density at radius 3 is 2.21 bits per heavy atom. The summed E-state index contributed by atoms with van der Waals surface area (Å²) < 4.78 is 37.0. The molecule has 1 N–H and O–H groups in total. The monoisotopic (exact) mass is 439 g/mol. The molecule has 0 amide bonds. The molecular formula is C16H17BrF3NOS2. The molecule has 1 aromatic carbocycles. The number of pyridine rings is 1. The molecule has 2 nitrogen and oxygen atoms in total. The smallest absolute Gasteiger partial charge is 0.389 e. The first-order chi connectivity index (χ1) is 11.2. The Hall–Kier alpha value is -0.700. The largest absolute Gasteiger partial charge is 0.417 e. The number of rotatable bonds is 3. The molecule has 2 rings (SSSR count). The van der Waals surface area contributed by atoms with Gasteiger partial charge in [-0.05, 0) is 49.3 Å². The Kier molecular flexibility index (Phi) is 8.62. The Balaban J connectivity index is 0.000000240. The van der Waals surface area contributed by atoms with Gasteiger partial charge in [0.1, 0.15) is 0 Å². The van der Waals surface area contributed by atoms with Crippen LogP contribution in [0.1, 0.15) is 24.2 Å². The zero-order valence-corrected chi connectivity index (χ0v) is 16.5. The van der Waals surface area contributed by atoms with Crippen molar-refractivity contribution in [1.29, 1.82) is 0 Å². The van der Waals surface area contributed by atoms with E-state index in [0.717, 1.165) is 27.2 Å². The third-order valence-corrected chi connectivity index (χ3v) is 4.86.